The van der Waals surface area contributed by atoms with E-state index in [-0.39, 0.29) is 30.8 Å². The maximum atomic E-state index is 12.5. The van der Waals surface area contributed by atoms with Crippen molar-refractivity contribution in [2.75, 3.05) is 38.5 Å². The molecule has 1 saturated heterocycles. The predicted molar refractivity (Wildman–Crippen MR) is 91.5 cm³/mol. The first kappa shape index (κ1) is 17.9. The first-order chi connectivity index (χ1) is 11.4. The fourth-order valence-electron chi connectivity index (χ4n) is 2.59. The second-order valence-corrected chi connectivity index (χ2v) is 6.10. The second-order valence-electron chi connectivity index (χ2n) is 6.10. The number of likely N-dealkylation sites (N-methyl/N-ethyl adjacent to an activating group) is 1. The fraction of sp³-hybridized carbons (Fsp3) is 0.471. The summed E-state index contributed by atoms with van der Waals surface area (Å²) < 4.78 is 0. The van der Waals surface area contributed by atoms with Gasteiger partial charge in [0.25, 0.3) is 0 Å². The number of amides is 3. The molecule has 1 atom stereocenters. The van der Waals surface area contributed by atoms with E-state index in [9.17, 15) is 14.4 Å². The number of aryl methyl sites for hydroxylation is 1. The lowest BCUT2D eigenvalue weighted by atomic mass is 10.2. The third-order valence-electron chi connectivity index (χ3n) is 4.07. The van der Waals surface area contributed by atoms with Crippen molar-refractivity contribution in [3.8, 4) is 0 Å². The monoisotopic (exact) mass is 332 g/mol. The van der Waals surface area contributed by atoms with Gasteiger partial charge in [-0.3, -0.25) is 19.3 Å². The molecule has 0 bridgehead atoms. The Hall–Kier alpha value is -2.41. The molecular weight excluding hydrogens is 308 g/mol. The molecule has 0 aromatic heterocycles. The highest BCUT2D eigenvalue weighted by molar-refractivity contribution is 5.95. The third-order valence-corrected chi connectivity index (χ3v) is 4.07. The van der Waals surface area contributed by atoms with E-state index in [1.165, 1.54) is 4.90 Å². The summed E-state index contributed by atoms with van der Waals surface area (Å²) in [6.45, 7) is 5.07. The van der Waals surface area contributed by atoms with E-state index in [2.05, 4.69) is 10.6 Å². The lowest BCUT2D eigenvalue weighted by molar-refractivity contribution is -0.139. The van der Waals surface area contributed by atoms with Crippen LogP contribution in [0.5, 0.6) is 0 Å². The van der Waals surface area contributed by atoms with Crippen LogP contribution in [0.25, 0.3) is 0 Å². The number of nitrogens with one attached hydrogen (secondary N) is 2. The van der Waals surface area contributed by atoms with Crippen LogP contribution < -0.4 is 10.6 Å². The summed E-state index contributed by atoms with van der Waals surface area (Å²) in [5, 5.41) is 5.50. The zero-order valence-electron chi connectivity index (χ0n) is 14.3. The van der Waals surface area contributed by atoms with Crippen molar-refractivity contribution in [2.24, 2.45) is 0 Å². The van der Waals surface area contributed by atoms with Crippen molar-refractivity contribution < 1.29 is 14.4 Å². The van der Waals surface area contributed by atoms with Crippen molar-refractivity contribution in [3.05, 3.63) is 29.8 Å². The largest absolute Gasteiger partial charge is 0.354 e. The van der Waals surface area contributed by atoms with Gasteiger partial charge in [0, 0.05) is 25.8 Å². The Balaban J connectivity index is 1.86. The molecule has 0 aliphatic carbocycles. The average Bonchev–Trinajstić information content (AvgIpc) is 2.55. The summed E-state index contributed by atoms with van der Waals surface area (Å²) in [7, 11) is 1.59. The minimum atomic E-state index is -0.437. The Morgan fingerprint density at radius 1 is 1.33 bits per heavy atom. The highest BCUT2D eigenvalue weighted by Crippen LogP contribution is 2.09. The lowest BCUT2D eigenvalue weighted by Crippen LogP contribution is -2.55. The Labute approximate surface area is 142 Å². The highest BCUT2D eigenvalue weighted by atomic mass is 16.2. The van der Waals surface area contributed by atoms with Gasteiger partial charge < -0.3 is 15.5 Å². The number of piperazine rings is 1. The standard InChI is InChI=1S/C17H24N4O3/c1-12-4-6-14(7-5-12)19-16(23)10-20(3)17(24)13(2)21-9-8-18-15(22)11-21/h4-7,13H,8-11H2,1-3H3,(H,18,22)(H,19,23)/t13-/m0/s1. The maximum absolute atomic E-state index is 12.5. The van der Waals surface area contributed by atoms with Gasteiger partial charge in [-0.05, 0) is 26.0 Å². The molecule has 0 radical (unpaired) electrons. The summed E-state index contributed by atoms with van der Waals surface area (Å²) in [6, 6.07) is 7.03. The number of hydrogen-bond donors (Lipinski definition) is 2. The van der Waals surface area contributed by atoms with Crippen molar-refractivity contribution in [1.82, 2.24) is 15.1 Å². The van der Waals surface area contributed by atoms with E-state index in [1.54, 1.807) is 14.0 Å². The van der Waals surface area contributed by atoms with E-state index in [0.717, 1.165) is 5.56 Å². The molecule has 1 aliphatic rings. The number of anilines is 1. The van der Waals surface area contributed by atoms with Crippen LogP contribution >= 0.6 is 0 Å². The molecule has 0 unspecified atom stereocenters. The molecule has 7 heteroatoms. The van der Waals surface area contributed by atoms with Gasteiger partial charge in [-0.2, -0.15) is 0 Å². The SMILES string of the molecule is Cc1ccc(NC(=O)CN(C)C(=O)[C@H](C)N2CCNC(=O)C2)cc1. The molecule has 1 fully saturated rings. The Bertz CT molecular complexity index is 615. The number of hydrogen-bond acceptors (Lipinski definition) is 4. The van der Waals surface area contributed by atoms with Crippen LogP contribution in [-0.4, -0.2) is 66.8 Å². The summed E-state index contributed by atoms with van der Waals surface area (Å²) in [5.74, 6) is -0.511. The van der Waals surface area contributed by atoms with Gasteiger partial charge in [-0.25, -0.2) is 0 Å². The van der Waals surface area contributed by atoms with E-state index >= 15 is 0 Å². The molecule has 2 rings (SSSR count). The van der Waals surface area contributed by atoms with E-state index < -0.39 is 6.04 Å². The van der Waals surface area contributed by atoms with Gasteiger partial charge in [-0.1, -0.05) is 17.7 Å². The number of benzene rings is 1. The van der Waals surface area contributed by atoms with E-state index in [1.807, 2.05) is 36.1 Å². The first-order valence-electron chi connectivity index (χ1n) is 7.99. The van der Waals surface area contributed by atoms with Crippen molar-refractivity contribution in [2.45, 2.75) is 19.9 Å². The van der Waals surface area contributed by atoms with Gasteiger partial charge in [0.15, 0.2) is 0 Å². The fourth-order valence-corrected chi connectivity index (χ4v) is 2.59. The third kappa shape index (κ3) is 4.79. The molecule has 1 aromatic rings. The van der Waals surface area contributed by atoms with E-state index in [0.29, 0.717) is 18.8 Å². The molecule has 1 heterocycles. The van der Waals surface area contributed by atoms with E-state index in [4.69, 9.17) is 0 Å². The van der Waals surface area contributed by atoms with Crippen LogP contribution in [0.2, 0.25) is 0 Å². The molecule has 1 aromatic carbocycles. The number of carbonyl (C=O) groups excluding carboxylic acids is 3. The molecule has 7 nitrogen and oxygen atoms in total. The summed E-state index contributed by atoms with van der Waals surface area (Å²) in [4.78, 5) is 39.2. The first-order valence-corrected chi connectivity index (χ1v) is 7.99. The Morgan fingerprint density at radius 3 is 2.62 bits per heavy atom. The average molecular weight is 332 g/mol. The van der Waals surface area contributed by atoms with Crippen LogP contribution in [-0.2, 0) is 14.4 Å². The minimum absolute atomic E-state index is 0.0307. The summed E-state index contributed by atoms with van der Waals surface area (Å²) >= 11 is 0. The summed E-state index contributed by atoms with van der Waals surface area (Å²) in [6.07, 6.45) is 0. The molecule has 0 saturated carbocycles. The van der Waals surface area contributed by atoms with Gasteiger partial charge >= 0.3 is 0 Å². The second kappa shape index (κ2) is 7.92. The Morgan fingerprint density at radius 2 is 2.00 bits per heavy atom. The Kier molecular flexibility index (Phi) is 5.92. The maximum Gasteiger partial charge on any atom is 0.243 e. The molecular formula is C17H24N4O3. The van der Waals surface area contributed by atoms with Crippen LogP contribution in [0.15, 0.2) is 24.3 Å². The van der Waals surface area contributed by atoms with Gasteiger partial charge in [0.05, 0.1) is 19.1 Å². The van der Waals surface area contributed by atoms with Crippen LogP contribution in [0.3, 0.4) is 0 Å². The van der Waals surface area contributed by atoms with Crippen LogP contribution in [0, 0.1) is 6.92 Å². The molecule has 24 heavy (non-hydrogen) atoms. The van der Waals surface area contributed by atoms with Crippen molar-refractivity contribution >= 4 is 23.4 Å². The zero-order chi connectivity index (χ0) is 17.7. The normalized spacial score (nSPS) is 16.2. The number of nitrogens with zero attached hydrogens (tertiary/aromatic N) is 2. The van der Waals surface area contributed by atoms with Crippen LogP contribution in [0.4, 0.5) is 5.69 Å². The predicted octanol–water partition coefficient (Wildman–Crippen LogP) is 0.212. The lowest BCUT2D eigenvalue weighted by Gasteiger charge is -2.33. The zero-order valence-corrected chi connectivity index (χ0v) is 14.3. The van der Waals surface area contributed by atoms with Gasteiger partial charge in [0.2, 0.25) is 17.7 Å². The minimum Gasteiger partial charge on any atom is -0.354 e. The topological polar surface area (TPSA) is 81.8 Å². The molecule has 1 aliphatic heterocycles. The molecule has 2 N–H and O–H groups in total. The number of rotatable bonds is 5. The van der Waals surface area contributed by atoms with Crippen LogP contribution in [0.1, 0.15) is 12.5 Å². The molecule has 0 spiro atoms. The van der Waals surface area contributed by atoms with Gasteiger partial charge in [-0.15, -0.1) is 0 Å². The smallest absolute Gasteiger partial charge is 0.243 e. The summed E-state index contributed by atoms with van der Waals surface area (Å²) in [5.41, 5.74) is 1.81. The van der Waals surface area contributed by atoms with Crippen molar-refractivity contribution in [1.29, 1.82) is 0 Å². The molecule has 130 valence electrons. The van der Waals surface area contributed by atoms with Gasteiger partial charge in [0.1, 0.15) is 0 Å². The van der Waals surface area contributed by atoms with Crippen molar-refractivity contribution in [3.63, 3.8) is 0 Å². The number of carbonyl (C=O) groups is 3. The quantitative estimate of drug-likeness (QED) is 0.808. The molecule has 3 amide bonds. The highest BCUT2D eigenvalue weighted by Gasteiger charge is 2.28.